The van der Waals surface area contributed by atoms with Crippen LogP contribution in [0.2, 0.25) is 0 Å². The molecular formula is C17H14. The van der Waals surface area contributed by atoms with Crippen molar-refractivity contribution in [1.29, 1.82) is 0 Å². The first-order chi connectivity index (χ1) is 8.33. The minimum atomic E-state index is 1.01. The highest BCUT2D eigenvalue weighted by atomic mass is 14.1. The van der Waals surface area contributed by atoms with Gasteiger partial charge in [-0.05, 0) is 53.5 Å². The lowest BCUT2D eigenvalue weighted by atomic mass is 10.0. The van der Waals surface area contributed by atoms with E-state index in [4.69, 9.17) is 0 Å². The van der Waals surface area contributed by atoms with Crippen LogP contribution in [0.1, 0.15) is 18.1 Å². The summed E-state index contributed by atoms with van der Waals surface area (Å²) in [5, 5.41) is 2.45. The van der Waals surface area contributed by atoms with E-state index in [1.807, 2.05) is 6.08 Å². The van der Waals surface area contributed by atoms with E-state index in [1.54, 1.807) is 0 Å². The van der Waals surface area contributed by atoms with Crippen LogP contribution in [0.5, 0.6) is 0 Å². The maximum atomic E-state index is 3.37. The zero-order chi connectivity index (χ0) is 11.7. The van der Waals surface area contributed by atoms with Crippen LogP contribution in [0.25, 0.3) is 17.9 Å². The summed E-state index contributed by atoms with van der Waals surface area (Å²) >= 11 is 0. The van der Waals surface area contributed by atoms with Crippen LogP contribution >= 0.6 is 0 Å². The second kappa shape index (κ2) is 4.08. The van der Waals surface area contributed by atoms with Crippen LogP contribution in [0, 0.1) is 0 Å². The van der Waals surface area contributed by atoms with Crippen molar-refractivity contribution >= 4 is 17.9 Å². The largest absolute Gasteiger partial charge is 0.112 e. The van der Waals surface area contributed by atoms with Crippen molar-refractivity contribution in [3.63, 3.8) is 0 Å². The van der Waals surface area contributed by atoms with Gasteiger partial charge >= 0.3 is 0 Å². The van der Waals surface area contributed by atoms with Crippen LogP contribution in [0.4, 0.5) is 0 Å². The third-order valence-electron chi connectivity index (χ3n) is 3.15. The van der Waals surface area contributed by atoms with Crippen molar-refractivity contribution in [2.45, 2.75) is 13.3 Å². The van der Waals surface area contributed by atoms with Gasteiger partial charge in [-0.1, -0.05) is 36.5 Å². The normalized spacial score (nSPS) is 15.9. The maximum absolute atomic E-state index is 3.37. The third-order valence-corrected chi connectivity index (χ3v) is 3.15. The van der Waals surface area contributed by atoms with E-state index in [0.29, 0.717) is 0 Å². The minimum Gasteiger partial charge on any atom is -0.112 e. The molecule has 0 spiro atoms. The molecule has 0 bridgehead atoms. The molecule has 0 atom stereocenters. The molecule has 1 aromatic rings. The molecular weight excluding hydrogens is 204 g/mol. The molecule has 0 unspecified atom stereocenters. The number of rotatable bonds is 0. The van der Waals surface area contributed by atoms with E-state index in [2.05, 4.69) is 61.2 Å². The third kappa shape index (κ3) is 1.95. The van der Waals surface area contributed by atoms with Gasteiger partial charge in [0.2, 0.25) is 0 Å². The van der Waals surface area contributed by atoms with Gasteiger partial charge in [-0.2, -0.15) is 0 Å². The van der Waals surface area contributed by atoms with Gasteiger partial charge in [0, 0.05) is 5.22 Å². The van der Waals surface area contributed by atoms with Gasteiger partial charge in [-0.25, -0.2) is 0 Å². The molecule has 0 amide bonds. The van der Waals surface area contributed by atoms with Gasteiger partial charge in [0.1, 0.15) is 0 Å². The van der Waals surface area contributed by atoms with Crippen LogP contribution in [-0.4, -0.2) is 0 Å². The Morgan fingerprint density at radius 1 is 1.12 bits per heavy atom. The second-order valence-corrected chi connectivity index (χ2v) is 4.50. The number of hydrogen-bond acceptors (Lipinski definition) is 0. The predicted octanol–water partition coefficient (Wildman–Crippen LogP) is 2.49. The van der Waals surface area contributed by atoms with Crippen molar-refractivity contribution < 1.29 is 0 Å². The summed E-state index contributed by atoms with van der Waals surface area (Å²) in [6.07, 6.45) is 16.0. The average molecular weight is 218 g/mol. The van der Waals surface area contributed by atoms with E-state index in [-0.39, 0.29) is 0 Å². The Morgan fingerprint density at radius 2 is 2.06 bits per heavy atom. The Morgan fingerprint density at radius 3 is 3.00 bits per heavy atom. The Labute approximate surface area is 101 Å². The minimum absolute atomic E-state index is 1.01. The molecule has 0 heterocycles. The molecule has 2 aliphatic carbocycles. The van der Waals surface area contributed by atoms with Gasteiger partial charge in [0.15, 0.2) is 0 Å². The summed E-state index contributed by atoms with van der Waals surface area (Å²) in [4.78, 5) is 0. The Hall–Kier alpha value is -2.04. The van der Waals surface area contributed by atoms with Gasteiger partial charge in [0.25, 0.3) is 0 Å². The monoisotopic (exact) mass is 218 g/mol. The fraction of sp³-hybridized carbons (Fsp3) is 0.118. The Kier molecular flexibility index (Phi) is 2.44. The van der Waals surface area contributed by atoms with Crippen LogP contribution in [-0.2, 0) is 6.42 Å². The Balaban J connectivity index is 2.34. The molecule has 0 nitrogen and oxygen atoms in total. The van der Waals surface area contributed by atoms with Crippen LogP contribution in [0.15, 0.2) is 48.1 Å². The summed E-state index contributed by atoms with van der Waals surface area (Å²) < 4.78 is 0. The molecule has 0 aromatic heterocycles. The highest BCUT2D eigenvalue weighted by molar-refractivity contribution is 5.60. The van der Waals surface area contributed by atoms with E-state index < -0.39 is 0 Å². The summed E-state index contributed by atoms with van der Waals surface area (Å²) in [6, 6.07) is 4.51. The first-order valence-electron chi connectivity index (χ1n) is 5.94. The van der Waals surface area contributed by atoms with E-state index >= 15 is 0 Å². The molecule has 0 radical (unpaired) electrons. The van der Waals surface area contributed by atoms with Crippen molar-refractivity contribution in [1.82, 2.24) is 0 Å². The number of allylic oxidation sites excluding steroid dienone is 6. The molecule has 0 saturated carbocycles. The first-order valence-corrected chi connectivity index (χ1v) is 5.94. The van der Waals surface area contributed by atoms with Crippen molar-refractivity contribution in [3.05, 3.63) is 69.7 Å². The molecule has 0 saturated heterocycles. The predicted molar refractivity (Wildman–Crippen MR) is 73.8 cm³/mol. The SMILES string of the molecule is CC1=CC=c2cc3c(cc2=C=C1)C=CC=CC3. The van der Waals surface area contributed by atoms with Crippen LogP contribution < -0.4 is 10.4 Å². The maximum Gasteiger partial charge on any atom is 0.0243 e. The smallest absolute Gasteiger partial charge is 0.0243 e. The first kappa shape index (κ1) is 10.1. The van der Waals surface area contributed by atoms with E-state index in [9.17, 15) is 0 Å². The van der Waals surface area contributed by atoms with Gasteiger partial charge in [-0.15, -0.1) is 5.73 Å². The molecule has 0 heteroatoms. The highest BCUT2D eigenvalue weighted by Gasteiger charge is 2.01. The lowest BCUT2D eigenvalue weighted by Crippen LogP contribution is -2.24. The van der Waals surface area contributed by atoms with Crippen molar-refractivity contribution in [2.75, 3.05) is 0 Å². The number of benzene rings is 1. The fourth-order valence-corrected chi connectivity index (χ4v) is 2.17. The van der Waals surface area contributed by atoms with E-state index in [0.717, 1.165) is 6.42 Å². The average Bonchev–Trinajstić information content (AvgIpc) is 2.66. The summed E-state index contributed by atoms with van der Waals surface area (Å²) in [5.41, 5.74) is 7.31. The lowest BCUT2D eigenvalue weighted by Gasteiger charge is -2.02. The molecule has 0 aliphatic heterocycles. The Bertz CT molecular complexity index is 703. The molecule has 0 fully saturated rings. The van der Waals surface area contributed by atoms with Crippen molar-refractivity contribution in [2.24, 2.45) is 0 Å². The zero-order valence-corrected chi connectivity index (χ0v) is 9.90. The zero-order valence-electron chi connectivity index (χ0n) is 9.90. The van der Waals surface area contributed by atoms with E-state index in [1.165, 1.54) is 27.1 Å². The highest BCUT2D eigenvalue weighted by Crippen LogP contribution is 2.11. The molecule has 17 heavy (non-hydrogen) atoms. The van der Waals surface area contributed by atoms with Gasteiger partial charge in [0.05, 0.1) is 0 Å². The second-order valence-electron chi connectivity index (χ2n) is 4.50. The lowest BCUT2D eigenvalue weighted by molar-refractivity contribution is 1.24. The standard InChI is InChI=1S/C17H14/c1-13-7-9-16-11-14-5-3-2-4-6-15(14)12-17(16)10-8-13/h2-5,7-8,10-12H,6H2,1H3. The number of hydrogen-bond donors (Lipinski definition) is 0. The van der Waals surface area contributed by atoms with Gasteiger partial charge < -0.3 is 0 Å². The topological polar surface area (TPSA) is 0 Å². The van der Waals surface area contributed by atoms with Crippen molar-refractivity contribution in [3.8, 4) is 0 Å². The fourth-order valence-electron chi connectivity index (χ4n) is 2.17. The van der Waals surface area contributed by atoms with Crippen LogP contribution in [0.3, 0.4) is 0 Å². The molecule has 82 valence electrons. The molecule has 2 aliphatic rings. The number of fused-ring (bicyclic) bond motifs is 2. The summed E-state index contributed by atoms with van der Waals surface area (Å²) in [5.74, 6) is 0. The molecule has 3 rings (SSSR count). The molecule has 1 aromatic carbocycles. The molecule has 0 N–H and O–H groups in total. The quantitative estimate of drug-likeness (QED) is 0.627. The summed E-state index contributed by atoms with van der Waals surface area (Å²) in [7, 11) is 0. The summed E-state index contributed by atoms with van der Waals surface area (Å²) in [6.45, 7) is 2.10. The van der Waals surface area contributed by atoms with Gasteiger partial charge in [-0.3, -0.25) is 0 Å².